The molecule has 2 heterocycles. The van der Waals surface area contributed by atoms with Crippen molar-refractivity contribution in [1.82, 2.24) is 9.88 Å². The summed E-state index contributed by atoms with van der Waals surface area (Å²) < 4.78 is 40.8. The molecule has 0 N–H and O–H groups in total. The number of aryl methyl sites for hydroxylation is 1. The molecule has 1 saturated heterocycles. The predicted molar refractivity (Wildman–Crippen MR) is 87.7 cm³/mol. The van der Waals surface area contributed by atoms with Crippen molar-refractivity contribution < 1.29 is 18.0 Å². The standard InChI is InChI=1S/C18H18F3N3O/c19-14-10-13(11-22-12-14)4-5-17(25)23-6-8-24(9-7-23)18-15(20)2-1-3-16(18)21/h1-3,10-12H,4-9H2. The van der Waals surface area contributed by atoms with Gasteiger partial charge in [0.1, 0.15) is 23.1 Å². The van der Waals surface area contributed by atoms with Gasteiger partial charge in [0.2, 0.25) is 5.91 Å². The third kappa shape index (κ3) is 4.10. The van der Waals surface area contributed by atoms with Crippen LogP contribution in [0.15, 0.2) is 36.7 Å². The second-order valence-electron chi connectivity index (χ2n) is 5.95. The van der Waals surface area contributed by atoms with E-state index in [1.54, 1.807) is 9.80 Å². The fraction of sp³-hybridized carbons (Fsp3) is 0.333. The van der Waals surface area contributed by atoms with Gasteiger partial charge in [-0.15, -0.1) is 0 Å². The zero-order valence-electron chi connectivity index (χ0n) is 13.6. The number of benzene rings is 1. The van der Waals surface area contributed by atoms with Crippen molar-refractivity contribution >= 4 is 11.6 Å². The Morgan fingerprint density at radius 3 is 2.36 bits per heavy atom. The average molecular weight is 349 g/mol. The van der Waals surface area contributed by atoms with Crippen molar-refractivity contribution in [1.29, 1.82) is 0 Å². The van der Waals surface area contributed by atoms with Crippen molar-refractivity contribution in [2.75, 3.05) is 31.1 Å². The number of pyridine rings is 1. The van der Waals surface area contributed by atoms with Crippen LogP contribution in [0.5, 0.6) is 0 Å². The Bertz CT molecular complexity index is 741. The number of rotatable bonds is 4. The molecule has 0 bridgehead atoms. The van der Waals surface area contributed by atoms with Crippen molar-refractivity contribution in [3.63, 3.8) is 0 Å². The van der Waals surface area contributed by atoms with Gasteiger partial charge in [0.15, 0.2) is 0 Å². The van der Waals surface area contributed by atoms with E-state index in [1.807, 2.05) is 0 Å². The van der Waals surface area contributed by atoms with Gasteiger partial charge in [0, 0.05) is 38.8 Å². The Morgan fingerprint density at radius 1 is 1.04 bits per heavy atom. The molecule has 3 rings (SSSR count). The number of anilines is 1. The largest absolute Gasteiger partial charge is 0.363 e. The van der Waals surface area contributed by atoms with E-state index >= 15 is 0 Å². The normalized spacial score (nSPS) is 14.7. The molecule has 7 heteroatoms. The van der Waals surface area contributed by atoms with Gasteiger partial charge in [-0.3, -0.25) is 9.78 Å². The highest BCUT2D eigenvalue weighted by atomic mass is 19.1. The maximum Gasteiger partial charge on any atom is 0.223 e. The van der Waals surface area contributed by atoms with Crippen LogP contribution in [0.1, 0.15) is 12.0 Å². The van der Waals surface area contributed by atoms with Crippen molar-refractivity contribution in [2.45, 2.75) is 12.8 Å². The molecule has 0 atom stereocenters. The first-order valence-corrected chi connectivity index (χ1v) is 8.11. The summed E-state index contributed by atoms with van der Waals surface area (Å²) >= 11 is 0. The van der Waals surface area contributed by atoms with E-state index in [2.05, 4.69) is 4.98 Å². The summed E-state index contributed by atoms with van der Waals surface area (Å²) in [5, 5.41) is 0. The molecule has 0 spiro atoms. The first-order valence-electron chi connectivity index (χ1n) is 8.11. The van der Waals surface area contributed by atoms with Gasteiger partial charge in [-0.05, 0) is 30.2 Å². The highest BCUT2D eigenvalue weighted by Crippen LogP contribution is 2.24. The number of hydrogen-bond acceptors (Lipinski definition) is 3. The lowest BCUT2D eigenvalue weighted by Crippen LogP contribution is -2.49. The van der Waals surface area contributed by atoms with E-state index in [0.29, 0.717) is 38.2 Å². The van der Waals surface area contributed by atoms with E-state index in [0.717, 1.165) is 6.20 Å². The van der Waals surface area contributed by atoms with Gasteiger partial charge >= 0.3 is 0 Å². The minimum atomic E-state index is -0.599. The second-order valence-corrected chi connectivity index (χ2v) is 5.95. The molecule has 0 aliphatic carbocycles. The molecule has 1 aliphatic heterocycles. The Balaban J connectivity index is 1.54. The molecule has 1 aromatic heterocycles. The third-order valence-corrected chi connectivity index (χ3v) is 4.28. The minimum Gasteiger partial charge on any atom is -0.363 e. The first kappa shape index (κ1) is 17.3. The summed E-state index contributed by atoms with van der Waals surface area (Å²) in [4.78, 5) is 19.3. The van der Waals surface area contributed by atoms with E-state index in [4.69, 9.17) is 0 Å². The quantitative estimate of drug-likeness (QED) is 0.852. The van der Waals surface area contributed by atoms with Crippen LogP contribution in [-0.2, 0) is 11.2 Å². The molecule has 1 fully saturated rings. The zero-order valence-corrected chi connectivity index (χ0v) is 13.6. The first-order chi connectivity index (χ1) is 12.0. The number of para-hydroxylation sites is 1. The number of aromatic nitrogens is 1. The molecule has 1 aliphatic rings. The molecule has 4 nitrogen and oxygen atoms in total. The van der Waals surface area contributed by atoms with E-state index in [9.17, 15) is 18.0 Å². The SMILES string of the molecule is O=C(CCc1cncc(F)c1)N1CCN(c2c(F)cccc2F)CC1. The molecular formula is C18H18F3N3O. The molecule has 25 heavy (non-hydrogen) atoms. The van der Waals surface area contributed by atoms with Gasteiger partial charge < -0.3 is 9.80 Å². The Hall–Kier alpha value is -2.57. The molecule has 2 aromatic rings. The number of halogens is 3. The van der Waals surface area contributed by atoms with Crippen LogP contribution >= 0.6 is 0 Å². The topological polar surface area (TPSA) is 36.4 Å². The highest BCUT2D eigenvalue weighted by Gasteiger charge is 2.24. The smallest absolute Gasteiger partial charge is 0.223 e. The number of hydrogen-bond donors (Lipinski definition) is 0. The van der Waals surface area contributed by atoms with Crippen LogP contribution in [0.4, 0.5) is 18.9 Å². The Kier molecular flexibility index (Phi) is 5.21. The molecule has 132 valence electrons. The maximum atomic E-state index is 13.8. The molecule has 0 saturated carbocycles. The summed E-state index contributed by atoms with van der Waals surface area (Å²) in [5.41, 5.74) is 0.626. The van der Waals surface area contributed by atoms with Crippen molar-refractivity contribution in [2.24, 2.45) is 0 Å². The average Bonchev–Trinajstić information content (AvgIpc) is 2.60. The molecule has 1 aromatic carbocycles. The number of piperazine rings is 1. The summed E-state index contributed by atoms with van der Waals surface area (Å²) in [7, 11) is 0. The van der Waals surface area contributed by atoms with Crippen molar-refractivity contribution in [3.8, 4) is 0 Å². The summed E-state index contributed by atoms with van der Waals surface area (Å²) in [6.45, 7) is 1.53. The summed E-state index contributed by atoms with van der Waals surface area (Å²) in [6, 6.07) is 5.14. The number of carbonyl (C=O) groups is 1. The fourth-order valence-electron chi connectivity index (χ4n) is 2.97. The summed E-state index contributed by atoms with van der Waals surface area (Å²) in [6.07, 6.45) is 3.31. The van der Waals surface area contributed by atoms with Gasteiger partial charge in [-0.2, -0.15) is 0 Å². The fourth-order valence-corrected chi connectivity index (χ4v) is 2.97. The highest BCUT2D eigenvalue weighted by molar-refractivity contribution is 5.76. The van der Waals surface area contributed by atoms with Gasteiger partial charge in [-0.1, -0.05) is 6.07 Å². The van der Waals surface area contributed by atoms with Crippen LogP contribution in [0.3, 0.4) is 0 Å². The third-order valence-electron chi connectivity index (χ3n) is 4.28. The number of amides is 1. The van der Waals surface area contributed by atoms with Crippen LogP contribution in [0, 0.1) is 17.5 Å². The van der Waals surface area contributed by atoms with Crippen LogP contribution in [-0.4, -0.2) is 42.0 Å². The monoisotopic (exact) mass is 349 g/mol. The number of carbonyl (C=O) groups excluding carboxylic acids is 1. The lowest BCUT2D eigenvalue weighted by atomic mass is 10.1. The Labute approximate surface area is 143 Å². The minimum absolute atomic E-state index is 0.0413. The molecule has 0 radical (unpaired) electrons. The van der Waals surface area contributed by atoms with E-state index < -0.39 is 17.5 Å². The lowest BCUT2D eigenvalue weighted by molar-refractivity contribution is -0.131. The van der Waals surface area contributed by atoms with Gasteiger partial charge in [-0.25, -0.2) is 13.2 Å². The zero-order chi connectivity index (χ0) is 17.8. The van der Waals surface area contributed by atoms with E-state index in [1.165, 1.54) is 30.5 Å². The summed E-state index contributed by atoms with van der Waals surface area (Å²) in [5.74, 6) is -1.68. The number of nitrogens with zero attached hydrogens (tertiary/aromatic N) is 3. The van der Waals surface area contributed by atoms with Gasteiger partial charge in [0.05, 0.1) is 6.20 Å². The van der Waals surface area contributed by atoms with Crippen LogP contribution in [0.25, 0.3) is 0 Å². The van der Waals surface area contributed by atoms with E-state index in [-0.39, 0.29) is 18.0 Å². The van der Waals surface area contributed by atoms with Crippen LogP contribution in [0.2, 0.25) is 0 Å². The second kappa shape index (κ2) is 7.55. The predicted octanol–water partition coefficient (Wildman–Crippen LogP) is 2.78. The molecule has 0 unspecified atom stereocenters. The Morgan fingerprint density at radius 2 is 1.72 bits per heavy atom. The lowest BCUT2D eigenvalue weighted by Gasteiger charge is -2.36. The van der Waals surface area contributed by atoms with Crippen LogP contribution < -0.4 is 4.90 Å². The van der Waals surface area contributed by atoms with Gasteiger partial charge in [0.25, 0.3) is 0 Å². The van der Waals surface area contributed by atoms with Crippen molar-refractivity contribution in [3.05, 3.63) is 59.7 Å². The molecule has 1 amide bonds. The molecular weight excluding hydrogens is 331 g/mol. The maximum absolute atomic E-state index is 13.8.